The average molecular weight is 1010 g/mol. The summed E-state index contributed by atoms with van der Waals surface area (Å²) in [5.74, 6) is 0. The zero-order chi connectivity index (χ0) is 33.4. The molecule has 0 N–H and O–H groups in total. The molecule has 0 saturated heterocycles. The monoisotopic (exact) mass is 1010 g/mol. The quantitative estimate of drug-likeness (QED) is 0.123. The van der Waals surface area contributed by atoms with E-state index in [-0.39, 0.29) is 20.4 Å². The first-order valence-corrected chi connectivity index (χ1v) is 23.6. The molecule has 7 rings (SSSR count). The van der Waals surface area contributed by atoms with E-state index in [9.17, 15) is 0 Å². The molecular formula is C43H35O2ReSn2. The van der Waals surface area contributed by atoms with Gasteiger partial charge in [0.1, 0.15) is 0 Å². The Labute approximate surface area is 315 Å². The number of hydrogen-bond acceptors (Lipinski definition) is 0. The minimum atomic E-state index is -1.98. The van der Waals surface area contributed by atoms with Crippen molar-refractivity contribution in [3.63, 3.8) is 0 Å². The van der Waals surface area contributed by atoms with E-state index in [1.54, 1.807) is 0 Å². The summed E-state index contributed by atoms with van der Waals surface area (Å²) in [5, 5.41) is 0. The maximum atomic E-state index is 7.50. The summed E-state index contributed by atoms with van der Waals surface area (Å²) in [6.45, 7) is 9.00. The first-order chi connectivity index (χ1) is 23.4. The zero-order valence-electron chi connectivity index (χ0n) is 26.4. The number of rotatable bonds is 6. The molecule has 1 fully saturated rings. The fraction of sp³-hybridized carbons (Fsp3) is 0. The van der Waals surface area contributed by atoms with E-state index in [4.69, 9.17) is 9.30 Å². The first-order valence-electron chi connectivity index (χ1n) is 15.0. The second-order valence-electron chi connectivity index (χ2n) is 9.91. The van der Waals surface area contributed by atoms with Gasteiger partial charge in [0, 0.05) is 20.4 Å². The summed E-state index contributed by atoms with van der Waals surface area (Å²) >= 11 is -3.96. The molecule has 234 valence electrons. The molecule has 2 nitrogen and oxygen atoms in total. The molecule has 0 heterocycles. The summed E-state index contributed by atoms with van der Waals surface area (Å²) in [5.41, 5.74) is 0. The van der Waals surface area contributed by atoms with Gasteiger partial charge in [-0.05, 0) is 32.1 Å². The van der Waals surface area contributed by atoms with Gasteiger partial charge < -0.3 is 0 Å². The Morgan fingerprint density at radius 1 is 0.250 bits per heavy atom. The van der Waals surface area contributed by atoms with E-state index in [2.05, 4.69) is 195 Å². The van der Waals surface area contributed by atoms with Crippen molar-refractivity contribution in [2.45, 2.75) is 0 Å². The van der Waals surface area contributed by atoms with E-state index in [0.29, 0.717) is 0 Å². The molecule has 0 amide bonds. The number of benzene rings is 6. The van der Waals surface area contributed by atoms with Gasteiger partial charge in [-0.15, -0.1) is 0 Å². The van der Waals surface area contributed by atoms with Crippen LogP contribution in [0.1, 0.15) is 0 Å². The molecule has 8 radical (unpaired) electrons. The SMILES string of the molecule is [C-]#[O+].[C-]#[O+].[CH]1[CH][CH][CH][CH]1.[Re].c1cc[c]([Sn]([c]2ccccc2)[c]2ccccc2)cc1.c1cc[c]([Sn]([c]2ccccc2)[c]2ccccc2)cc1. The third-order valence-corrected chi connectivity index (χ3v) is 22.5. The molecule has 6 aromatic carbocycles. The van der Waals surface area contributed by atoms with Crippen LogP contribution < -0.4 is 21.5 Å². The van der Waals surface area contributed by atoms with Gasteiger partial charge in [0.2, 0.25) is 0 Å². The topological polar surface area (TPSA) is 39.8 Å². The van der Waals surface area contributed by atoms with E-state index in [1.165, 1.54) is 21.5 Å². The van der Waals surface area contributed by atoms with Gasteiger partial charge in [0.15, 0.2) is 0 Å². The Balaban J connectivity index is 0.000000263. The van der Waals surface area contributed by atoms with Crippen LogP contribution in [0, 0.1) is 45.4 Å². The Morgan fingerprint density at radius 3 is 0.500 bits per heavy atom. The zero-order valence-corrected chi connectivity index (χ0v) is 34.8. The summed E-state index contributed by atoms with van der Waals surface area (Å²) in [7, 11) is 0. The summed E-state index contributed by atoms with van der Waals surface area (Å²) in [4.78, 5) is 0. The van der Waals surface area contributed by atoms with Crippen LogP contribution in [0.5, 0.6) is 0 Å². The van der Waals surface area contributed by atoms with Crippen LogP contribution in [0.4, 0.5) is 0 Å². The van der Waals surface area contributed by atoms with E-state index >= 15 is 0 Å². The van der Waals surface area contributed by atoms with Crippen LogP contribution in [0.3, 0.4) is 0 Å². The van der Waals surface area contributed by atoms with E-state index < -0.39 is 39.5 Å². The van der Waals surface area contributed by atoms with Crippen LogP contribution in [0.15, 0.2) is 182 Å². The average Bonchev–Trinajstić information content (AvgIpc) is 3.78. The molecule has 0 bridgehead atoms. The Morgan fingerprint density at radius 2 is 0.375 bits per heavy atom. The molecule has 1 saturated carbocycles. The van der Waals surface area contributed by atoms with Crippen LogP contribution >= 0.6 is 0 Å². The minimum absolute atomic E-state index is 0. The molecule has 0 atom stereocenters. The summed E-state index contributed by atoms with van der Waals surface area (Å²) in [6, 6.07) is 65.9. The second kappa shape index (κ2) is 26.0. The van der Waals surface area contributed by atoms with Crippen molar-refractivity contribution in [2.75, 3.05) is 0 Å². The molecule has 5 heteroatoms. The molecule has 6 aromatic rings. The van der Waals surface area contributed by atoms with E-state index in [1.807, 2.05) is 32.1 Å². The van der Waals surface area contributed by atoms with Gasteiger partial charge in [-0.25, -0.2) is 0 Å². The summed E-state index contributed by atoms with van der Waals surface area (Å²) < 4.78 is 24.2. The van der Waals surface area contributed by atoms with Gasteiger partial charge >= 0.3 is 266 Å². The second-order valence-corrected chi connectivity index (χ2v) is 24.1. The Hall–Kier alpha value is -2.94. The molecule has 0 aliphatic heterocycles. The van der Waals surface area contributed by atoms with Crippen molar-refractivity contribution in [3.8, 4) is 0 Å². The van der Waals surface area contributed by atoms with Crippen molar-refractivity contribution < 1.29 is 29.7 Å². The first kappa shape index (κ1) is 41.2. The van der Waals surface area contributed by atoms with E-state index in [0.717, 1.165) is 0 Å². The van der Waals surface area contributed by atoms with Gasteiger partial charge in [0.25, 0.3) is 0 Å². The third-order valence-electron chi connectivity index (χ3n) is 6.93. The van der Waals surface area contributed by atoms with Crippen molar-refractivity contribution in [2.24, 2.45) is 0 Å². The van der Waals surface area contributed by atoms with Crippen molar-refractivity contribution >= 4 is 61.0 Å². The van der Waals surface area contributed by atoms with Crippen molar-refractivity contribution in [3.05, 3.63) is 227 Å². The van der Waals surface area contributed by atoms with Crippen LogP contribution in [0.2, 0.25) is 0 Å². The Bertz CT molecular complexity index is 1340. The molecule has 0 spiro atoms. The predicted molar refractivity (Wildman–Crippen MR) is 197 cm³/mol. The van der Waals surface area contributed by atoms with Gasteiger partial charge in [-0.1, -0.05) is 0 Å². The molecular weight excluding hydrogens is 972 g/mol. The normalized spacial score (nSPS) is 11.0. The fourth-order valence-corrected chi connectivity index (χ4v) is 19.7. The molecule has 48 heavy (non-hydrogen) atoms. The van der Waals surface area contributed by atoms with Crippen LogP contribution in [0.25, 0.3) is 0 Å². The van der Waals surface area contributed by atoms with Crippen LogP contribution in [-0.2, 0) is 29.7 Å². The summed E-state index contributed by atoms with van der Waals surface area (Å²) in [6.07, 6.45) is 10.0. The third kappa shape index (κ3) is 13.9. The molecule has 1 aliphatic carbocycles. The Kier molecular flexibility index (Phi) is 22.3. The van der Waals surface area contributed by atoms with Gasteiger partial charge in [0.05, 0.1) is 0 Å². The number of hydrogen-bond donors (Lipinski definition) is 0. The molecule has 0 aromatic heterocycles. The molecule has 1 aliphatic rings. The maximum absolute atomic E-state index is 7.50. The fourth-order valence-electron chi connectivity index (χ4n) is 4.95. The van der Waals surface area contributed by atoms with Crippen LogP contribution in [-0.4, -0.2) is 39.5 Å². The van der Waals surface area contributed by atoms with Gasteiger partial charge in [-0.3, -0.25) is 0 Å². The standard InChI is InChI=1S/6C6H5.C5H5.2CO.Re.2Sn/c6*1-2-4-6-5-3-1;1-2-4-5-3-1;2*1-2;;;/h6*1-5H;1-5H;;;;;. The van der Waals surface area contributed by atoms with Gasteiger partial charge in [-0.2, -0.15) is 0 Å². The van der Waals surface area contributed by atoms with Crippen molar-refractivity contribution in [1.82, 2.24) is 0 Å². The van der Waals surface area contributed by atoms with Crippen molar-refractivity contribution in [1.29, 1.82) is 0 Å². The predicted octanol–water partition coefficient (Wildman–Crippen LogP) is 5.35. The molecule has 0 unspecified atom stereocenters.